The Bertz CT molecular complexity index is 2060. The summed E-state index contributed by atoms with van der Waals surface area (Å²) in [6, 6.07) is 26.3. The van der Waals surface area contributed by atoms with Crippen LogP contribution in [0.25, 0.3) is 21.5 Å². The summed E-state index contributed by atoms with van der Waals surface area (Å²) in [7, 11) is 2.51. The molecule has 0 bridgehead atoms. The van der Waals surface area contributed by atoms with Crippen LogP contribution < -0.4 is 9.47 Å². The Morgan fingerprint density at radius 3 is 1.44 bits per heavy atom. The van der Waals surface area contributed by atoms with E-state index in [9.17, 15) is 0 Å². The van der Waals surface area contributed by atoms with Crippen molar-refractivity contribution in [2.45, 2.75) is 43.3 Å². The highest BCUT2D eigenvalue weighted by Crippen LogP contribution is 2.54. The second-order valence-electron chi connectivity index (χ2n) is 13.5. The van der Waals surface area contributed by atoms with Gasteiger partial charge >= 0.3 is 0 Å². The molecule has 4 aromatic rings. The van der Waals surface area contributed by atoms with Crippen molar-refractivity contribution in [2.75, 3.05) is 14.2 Å². The molecule has 0 amide bonds. The van der Waals surface area contributed by atoms with Gasteiger partial charge in [-0.15, -0.1) is 0 Å². The van der Waals surface area contributed by atoms with Crippen molar-refractivity contribution in [3.8, 4) is 11.5 Å². The van der Waals surface area contributed by atoms with Gasteiger partial charge in [0.05, 0.1) is 23.0 Å². The monoisotopic (exact) mass is 641 g/mol. The summed E-state index contributed by atoms with van der Waals surface area (Å²) >= 11 is 0. The van der Waals surface area contributed by atoms with E-state index in [1.165, 1.54) is 66.1 Å². The Morgan fingerprint density at radius 2 is 1.00 bits per heavy atom. The van der Waals surface area contributed by atoms with Crippen LogP contribution in [-0.2, 0) is 0 Å². The normalized spacial score (nSPS) is 23.0. The molecule has 237 valence electrons. The summed E-state index contributed by atoms with van der Waals surface area (Å²) < 4.78 is 11.1. The van der Waals surface area contributed by atoms with Crippen molar-refractivity contribution in [2.24, 2.45) is 0 Å². The second-order valence-corrected chi connectivity index (χ2v) is 16.2. The maximum atomic E-state index is 5.55. The topological polar surface area (TPSA) is 18.5 Å². The summed E-state index contributed by atoms with van der Waals surface area (Å²) in [4.78, 5) is 0. The summed E-state index contributed by atoms with van der Waals surface area (Å²) in [6.07, 6.45) is 23.7. The highest BCUT2D eigenvalue weighted by Gasteiger charge is 2.41. The highest BCUT2D eigenvalue weighted by molar-refractivity contribution is 6.64. The SMILES string of the molecule is COc1ccc2c(C3C=CC=CC4=C3C=C(C)C4[Si](C)C3C(C)=CC4=C3C=CC=CC4c3cccc4cc(OC)ccc34)cccc2c1. The van der Waals surface area contributed by atoms with E-state index in [4.69, 9.17) is 9.47 Å². The first kappa shape index (κ1) is 30.5. The maximum Gasteiger partial charge on any atom is 0.119 e. The fraction of sp³-hybridized carbons (Fsp3) is 0.200. The van der Waals surface area contributed by atoms with Gasteiger partial charge < -0.3 is 9.47 Å². The zero-order chi connectivity index (χ0) is 32.9. The number of methoxy groups -OCH3 is 2. The molecule has 0 heterocycles. The summed E-state index contributed by atoms with van der Waals surface area (Å²) in [5.74, 6) is 2.19. The Kier molecular flexibility index (Phi) is 7.81. The lowest BCUT2D eigenvalue weighted by atomic mass is 9.86. The van der Waals surface area contributed by atoms with Crippen LogP contribution in [0.1, 0.15) is 36.8 Å². The fourth-order valence-electron chi connectivity index (χ4n) is 8.74. The van der Waals surface area contributed by atoms with Gasteiger partial charge in [-0.1, -0.05) is 127 Å². The number of hydrogen-bond donors (Lipinski definition) is 0. The van der Waals surface area contributed by atoms with Gasteiger partial charge in [-0.05, 0) is 104 Å². The maximum absolute atomic E-state index is 5.55. The van der Waals surface area contributed by atoms with Gasteiger partial charge in [-0.3, -0.25) is 0 Å². The Labute approximate surface area is 286 Å². The summed E-state index contributed by atoms with van der Waals surface area (Å²) in [5, 5.41) is 5.01. The molecule has 4 unspecified atom stereocenters. The first-order chi connectivity index (χ1) is 23.5. The molecular formula is C45H41O2Si. The summed E-state index contributed by atoms with van der Waals surface area (Å²) in [5.41, 5.74) is 12.5. The average Bonchev–Trinajstić information content (AvgIpc) is 3.42. The van der Waals surface area contributed by atoms with Gasteiger partial charge in [0.1, 0.15) is 11.5 Å². The molecule has 8 rings (SSSR count). The molecule has 4 aliphatic rings. The molecule has 0 spiro atoms. The predicted octanol–water partition coefficient (Wildman–Crippen LogP) is 11.5. The number of ether oxygens (including phenoxy) is 2. The van der Waals surface area contributed by atoms with E-state index in [-0.39, 0.29) is 11.8 Å². The third-order valence-electron chi connectivity index (χ3n) is 10.8. The molecule has 0 N–H and O–H groups in total. The smallest absolute Gasteiger partial charge is 0.119 e. The second kappa shape index (κ2) is 12.3. The van der Waals surface area contributed by atoms with E-state index >= 15 is 0 Å². The predicted molar refractivity (Wildman–Crippen MR) is 204 cm³/mol. The van der Waals surface area contributed by atoms with Gasteiger partial charge in [-0.25, -0.2) is 0 Å². The van der Waals surface area contributed by atoms with E-state index in [1.54, 1.807) is 14.2 Å². The lowest BCUT2D eigenvalue weighted by Crippen LogP contribution is -2.25. The third kappa shape index (κ3) is 5.00. The first-order valence-electron chi connectivity index (χ1n) is 17.0. The van der Waals surface area contributed by atoms with E-state index in [0.717, 1.165) is 11.5 Å². The molecule has 0 fully saturated rings. The van der Waals surface area contributed by atoms with Crippen LogP contribution in [0, 0.1) is 0 Å². The summed E-state index contributed by atoms with van der Waals surface area (Å²) in [6.45, 7) is 7.32. The van der Waals surface area contributed by atoms with E-state index in [1.807, 2.05) is 0 Å². The average molecular weight is 642 g/mol. The Morgan fingerprint density at radius 1 is 0.542 bits per heavy atom. The van der Waals surface area contributed by atoms with Crippen LogP contribution in [0.2, 0.25) is 17.6 Å². The van der Waals surface area contributed by atoms with Crippen molar-refractivity contribution >= 4 is 30.3 Å². The van der Waals surface area contributed by atoms with Crippen molar-refractivity contribution < 1.29 is 9.47 Å². The van der Waals surface area contributed by atoms with Crippen molar-refractivity contribution in [3.05, 3.63) is 178 Å². The first-order valence-corrected chi connectivity index (χ1v) is 19.1. The molecule has 4 atom stereocenters. The van der Waals surface area contributed by atoms with Gasteiger partial charge in [-0.2, -0.15) is 0 Å². The molecule has 4 aliphatic carbocycles. The minimum atomic E-state index is -0.966. The zero-order valence-electron chi connectivity index (χ0n) is 28.3. The highest BCUT2D eigenvalue weighted by atomic mass is 28.3. The minimum Gasteiger partial charge on any atom is -0.497 e. The number of fused-ring (bicyclic) bond motifs is 2. The molecule has 4 aromatic carbocycles. The standard InChI is InChI=1S/C45H41O2Si/c1-28-24-42-38(36-18-10-12-30-26-32(46-3)20-22-34(30)36)14-6-8-16-40(42)44(28)48(5)45-29(2)25-43-39(15-7-9-17-41(43)45)37-19-11-13-31-27-33(47-4)21-23-35(31)37/h6-27,38-39,44-45H,1-5H3. The van der Waals surface area contributed by atoms with Crippen LogP contribution >= 0.6 is 0 Å². The molecule has 48 heavy (non-hydrogen) atoms. The number of benzene rings is 4. The van der Waals surface area contributed by atoms with Gasteiger partial charge in [0, 0.05) is 11.8 Å². The number of allylic oxidation sites excluding steroid dienone is 16. The fourth-order valence-corrected chi connectivity index (χ4v) is 12.2. The Balaban J connectivity index is 1.18. The van der Waals surface area contributed by atoms with E-state index in [0.29, 0.717) is 11.1 Å². The van der Waals surface area contributed by atoms with Gasteiger partial charge in [0.25, 0.3) is 0 Å². The van der Waals surface area contributed by atoms with E-state index in [2.05, 4.69) is 154 Å². The lowest BCUT2D eigenvalue weighted by Gasteiger charge is -2.30. The molecule has 0 saturated heterocycles. The van der Waals surface area contributed by atoms with Crippen LogP contribution in [-0.4, -0.2) is 23.0 Å². The van der Waals surface area contributed by atoms with Crippen molar-refractivity contribution in [3.63, 3.8) is 0 Å². The largest absolute Gasteiger partial charge is 0.497 e. The molecule has 3 heteroatoms. The van der Waals surface area contributed by atoms with Crippen molar-refractivity contribution in [1.82, 2.24) is 0 Å². The van der Waals surface area contributed by atoms with Crippen LogP contribution in [0.3, 0.4) is 0 Å². The molecule has 2 nitrogen and oxygen atoms in total. The Hall–Kier alpha value is -4.86. The van der Waals surface area contributed by atoms with Crippen LogP contribution in [0.5, 0.6) is 11.5 Å². The zero-order valence-corrected chi connectivity index (χ0v) is 29.3. The van der Waals surface area contributed by atoms with Gasteiger partial charge in [0.2, 0.25) is 0 Å². The quantitative estimate of drug-likeness (QED) is 0.195. The van der Waals surface area contributed by atoms with Gasteiger partial charge in [0.15, 0.2) is 0 Å². The lowest BCUT2D eigenvalue weighted by molar-refractivity contribution is 0.415. The molecule has 0 saturated carbocycles. The van der Waals surface area contributed by atoms with Crippen molar-refractivity contribution in [1.29, 1.82) is 0 Å². The molecule has 1 radical (unpaired) electrons. The third-order valence-corrected chi connectivity index (χ3v) is 14.2. The van der Waals surface area contributed by atoms with Crippen LogP contribution in [0.15, 0.2) is 167 Å². The van der Waals surface area contributed by atoms with E-state index < -0.39 is 8.80 Å². The molecule has 0 aliphatic heterocycles. The van der Waals surface area contributed by atoms with Crippen LogP contribution in [0.4, 0.5) is 0 Å². The minimum absolute atomic E-state index is 0.202. The molecular weight excluding hydrogens is 601 g/mol. The number of hydrogen-bond acceptors (Lipinski definition) is 2. The molecule has 0 aromatic heterocycles. The number of rotatable bonds is 6.